The maximum absolute atomic E-state index is 12.6. The average Bonchev–Trinajstić information content (AvgIpc) is 3.18. The fraction of sp³-hybridized carbons (Fsp3) is 0.684. The summed E-state index contributed by atoms with van der Waals surface area (Å²) >= 11 is 0. The van der Waals surface area contributed by atoms with Crippen LogP contribution in [-0.4, -0.2) is 72.3 Å². The van der Waals surface area contributed by atoms with Gasteiger partial charge in [0, 0.05) is 45.5 Å². The molecule has 0 aromatic carbocycles. The fourth-order valence-electron chi connectivity index (χ4n) is 4.20. The number of likely N-dealkylation sites (tertiary alicyclic amines) is 1. The highest BCUT2D eigenvalue weighted by molar-refractivity contribution is 5.79. The molecule has 3 aliphatic heterocycles. The summed E-state index contributed by atoms with van der Waals surface area (Å²) in [7, 11) is 0. The van der Waals surface area contributed by atoms with Crippen molar-refractivity contribution in [3.63, 3.8) is 0 Å². The lowest BCUT2D eigenvalue weighted by atomic mass is 9.88. The third-order valence-electron chi connectivity index (χ3n) is 5.70. The Morgan fingerprint density at radius 3 is 2.84 bits per heavy atom. The number of ether oxygens (including phenoxy) is 2. The molecule has 1 atom stereocenters. The van der Waals surface area contributed by atoms with E-state index in [2.05, 4.69) is 16.0 Å². The van der Waals surface area contributed by atoms with Gasteiger partial charge in [-0.25, -0.2) is 0 Å². The first-order valence-corrected chi connectivity index (χ1v) is 9.37. The van der Waals surface area contributed by atoms with E-state index in [1.807, 2.05) is 23.2 Å². The van der Waals surface area contributed by atoms with Gasteiger partial charge in [-0.15, -0.1) is 0 Å². The normalized spacial score (nSPS) is 26.9. The van der Waals surface area contributed by atoms with Gasteiger partial charge >= 0.3 is 0 Å². The van der Waals surface area contributed by atoms with Gasteiger partial charge < -0.3 is 14.4 Å². The van der Waals surface area contributed by atoms with Crippen LogP contribution in [0.3, 0.4) is 0 Å². The van der Waals surface area contributed by atoms with Crippen LogP contribution in [0.2, 0.25) is 0 Å². The van der Waals surface area contributed by atoms with E-state index in [1.54, 1.807) is 0 Å². The predicted molar refractivity (Wildman–Crippen MR) is 92.9 cm³/mol. The van der Waals surface area contributed by atoms with E-state index in [4.69, 9.17) is 9.47 Å². The van der Waals surface area contributed by atoms with E-state index in [-0.39, 0.29) is 17.4 Å². The molecule has 0 N–H and O–H groups in total. The van der Waals surface area contributed by atoms with Gasteiger partial charge in [0.15, 0.2) is 0 Å². The van der Waals surface area contributed by atoms with Crippen LogP contribution in [0, 0.1) is 5.92 Å². The number of carbonyl (C=O) groups is 1. The van der Waals surface area contributed by atoms with Crippen molar-refractivity contribution in [2.45, 2.75) is 31.4 Å². The molecule has 0 radical (unpaired) electrons. The standard InChI is InChI=1S/C19H27N3O3/c23-18(16-4-11-24-14-16)22-8-5-19(6-9-22)15-21(10-12-25-19)13-17-3-1-2-7-20-17/h1-3,7,16H,4-6,8-15H2/t16-/m1/s1. The highest BCUT2D eigenvalue weighted by atomic mass is 16.5. The van der Waals surface area contributed by atoms with Crippen molar-refractivity contribution in [3.8, 4) is 0 Å². The maximum atomic E-state index is 12.6. The summed E-state index contributed by atoms with van der Waals surface area (Å²) in [6.45, 7) is 6.41. The number of pyridine rings is 1. The lowest BCUT2D eigenvalue weighted by molar-refractivity contribution is -0.154. The van der Waals surface area contributed by atoms with Crippen LogP contribution in [0.1, 0.15) is 25.0 Å². The number of hydrogen-bond acceptors (Lipinski definition) is 5. The number of aromatic nitrogens is 1. The minimum atomic E-state index is -0.101. The molecule has 6 heteroatoms. The van der Waals surface area contributed by atoms with E-state index >= 15 is 0 Å². The first kappa shape index (κ1) is 16.9. The zero-order valence-electron chi connectivity index (χ0n) is 14.7. The Morgan fingerprint density at radius 1 is 1.24 bits per heavy atom. The number of nitrogens with zero attached hydrogens (tertiary/aromatic N) is 3. The molecule has 3 aliphatic rings. The molecule has 6 nitrogen and oxygen atoms in total. The van der Waals surface area contributed by atoms with Gasteiger partial charge in [0.2, 0.25) is 5.91 Å². The molecular weight excluding hydrogens is 318 g/mol. The first-order chi connectivity index (χ1) is 12.2. The molecule has 4 rings (SSSR count). The third kappa shape index (κ3) is 3.86. The second kappa shape index (κ2) is 7.40. The van der Waals surface area contributed by atoms with Gasteiger partial charge in [0.05, 0.1) is 30.4 Å². The molecule has 25 heavy (non-hydrogen) atoms. The Bertz CT molecular complexity index is 581. The van der Waals surface area contributed by atoms with Gasteiger partial charge in [-0.3, -0.25) is 14.7 Å². The van der Waals surface area contributed by atoms with E-state index in [0.29, 0.717) is 6.61 Å². The number of hydrogen-bond donors (Lipinski definition) is 0. The summed E-state index contributed by atoms with van der Waals surface area (Å²) in [6, 6.07) is 6.06. The minimum absolute atomic E-state index is 0.0713. The summed E-state index contributed by atoms with van der Waals surface area (Å²) < 4.78 is 11.6. The van der Waals surface area contributed by atoms with Crippen molar-refractivity contribution in [3.05, 3.63) is 30.1 Å². The van der Waals surface area contributed by atoms with Crippen molar-refractivity contribution >= 4 is 5.91 Å². The Labute approximate surface area is 149 Å². The second-order valence-electron chi connectivity index (χ2n) is 7.45. The van der Waals surface area contributed by atoms with Crippen molar-refractivity contribution in [1.82, 2.24) is 14.8 Å². The summed E-state index contributed by atoms with van der Waals surface area (Å²) in [5, 5.41) is 0. The lowest BCUT2D eigenvalue weighted by Gasteiger charge is -2.47. The van der Waals surface area contributed by atoms with Crippen LogP contribution in [0.25, 0.3) is 0 Å². The molecule has 0 bridgehead atoms. The lowest BCUT2D eigenvalue weighted by Crippen LogP contribution is -2.57. The van der Waals surface area contributed by atoms with Crippen LogP contribution in [0.15, 0.2) is 24.4 Å². The first-order valence-electron chi connectivity index (χ1n) is 9.37. The smallest absolute Gasteiger partial charge is 0.228 e. The van der Waals surface area contributed by atoms with Crippen LogP contribution < -0.4 is 0 Å². The minimum Gasteiger partial charge on any atom is -0.381 e. The van der Waals surface area contributed by atoms with Crippen LogP contribution in [0.4, 0.5) is 0 Å². The Kier molecular flexibility index (Phi) is 5.01. The zero-order chi connectivity index (χ0) is 17.1. The van der Waals surface area contributed by atoms with Gasteiger partial charge in [0.1, 0.15) is 0 Å². The molecule has 3 saturated heterocycles. The van der Waals surface area contributed by atoms with E-state index in [0.717, 1.165) is 70.9 Å². The summed E-state index contributed by atoms with van der Waals surface area (Å²) in [5.74, 6) is 0.343. The molecule has 0 saturated carbocycles. The highest BCUT2D eigenvalue weighted by Gasteiger charge is 2.41. The predicted octanol–water partition coefficient (Wildman–Crippen LogP) is 1.31. The Balaban J connectivity index is 1.33. The summed E-state index contributed by atoms with van der Waals surface area (Å²) in [5.41, 5.74) is 1.00. The van der Waals surface area contributed by atoms with Gasteiger partial charge in [0.25, 0.3) is 0 Å². The molecule has 4 heterocycles. The largest absolute Gasteiger partial charge is 0.381 e. The van der Waals surface area contributed by atoms with E-state index in [9.17, 15) is 4.79 Å². The van der Waals surface area contributed by atoms with Gasteiger partial charge in [-0.05, 0) is 31.4 Å². The average molecular weight is 345 g/mol. The SMILES string of the molecule is O=C([C@@H]1CCOC1)N1CCC2(CC1)CN(Cc1ccccn1)CCO2. The zero-order valence-corrected chi connectivity index (χ0v) is 14.7. The third-order valence-corrected chi connectivity index (χ3v) is 5.70. The van der Waals surface area contributed by atoms with Gasteiger partial charge in [-0.1, -0.05) is 6.07 Å². The van der Waals surface area contributed by atoms with Crippen molar-refractivity contribution in [1.29, 1.82) is 0 Å². The number of piperidine rings is 1. The van der Waals surface area contributed by atoms with E-state index in [1.165, 1.54) is 0 Å². The highest BCUT2D eigenvalue weighted by Crippen LogP contribution is 2.31. The fourth-order valence-corrected chi connectivity index (χ4v) is 4.20. The molecule has 0 aliphatic carbocycles. The molecular formula is C19H27N3O3. The van der Waals surface area contributed by atoms with Crippen LogP contribution in [0.5, 0.6) is 0 Å². The molecule has 1 amide bonds. The number of amides is 1. The molecule has 3 fully saturated rings. The van der Waals surface area contributed by atoms with Crippen LogP contribution >= 0.6 is 0 Å². The van der Waals surface area contributed by atoms with E-state index < -0.39 is 0 Å². The van der Waals surface area contributed by atoms with Crippen molar-refractivity contribution in [2.24, 2.45) is 5.92 Å². The molecule has 1 aromatic heterocycles. The molecule has 136 valence electrons. The number of morpholine rings is 1. The molecule has 1 aromatic rings. The monoisotopic (exact) mass is 345 g/mol. The van der Waals surface area contributed by atoms with Crippen molar-refractivity contribution < 1.29 is 14.3 Å². The van der Waals surface area contributed by atoms with Gasteiger partial charge in [-0.2, -0.15) is 0 Å². The Hall–Kier alpha value is -1.50. The quantitative estimate of drug-likeness (QED) is 0.827. The summed E-state index contributed by atoms with van der Waals surface area (Å²) in [6.07, 6.45) is 4.56. The summed E-state index contributed by atoms with van der Waals surface area (Å²) in [4.78, 5) is 21.5. The van der Waals surface area contributed by atoms with Crippen LogP contribution in [-0.2, 0) is 20.8 Å². The molecule has 1 spiro atoms. The number of carbonyl (C=O) groups excluding carboxylic acids is 1. The maximum Gasteiger partial charge on any atom is 0.228 e. The van der Waals surface area contributed by atoms with Crippen molar-refractivity contribution in [2.75, 3.05) is 46.0 Å². The molecule has 0 unspecified atom stereocenters. The topological polar surface area (TPSA) is 54.9 Å². The second-order valence-corrected chi connectivity index (χ2v) is 7.45. The number of rotatable bonds is 3. The Morgan fingerprint density at radius 2 is 2.12 bits per heavy atom.